The van der Waals surface area contributed by atoms with E-state index in [4.69, 9.17) is 21.2 Å². The van der Waals surface area contributed by atoms with Crippen LogP contribution in [0.5, 0.6) is 5.75 Å². The zero-order valence-corrected chi connectivity index (χ0v) is 18.1. The predicted octanol–water partition coefficient (Wildman–Crippen LogP) is 4.79. The van der Waals surface area contributed by atoms with Crippen LogP contribution in [0.25, 0.3) is 0 Å². The number of carbonyl (C=O) groups is 2. The molecule has 2 saturated heterocycles. The summed E-state index contributed by atoms with van der Waals surface area (Å²) in [5.41, 5.74) is 2.12. The number of rotatable bonds is 5. The monoisotopic (exact) mass is 448 g/mol. The Labute approximate surface area is 190 Å². The molecule has 0 bridgehead atoms. The SMILES string of the molecule is CCOc1ccc(N2C(=O)[C@H]3[C@@H](ON(c4ccccc4)[C@H]3c3ccc(Cl)cc3)C2=O)cc1. The number of para-hydroxylation sites is 1. The van der Waals surface area contributed by atoms with Crippen LogP contribution >= 0.6 is 11.6 Å². The third kappa shape index (κ3) is 3.42. The van der Waals surface area contributed by atoms with Crippen LogP contribution < -0.4 is 14.7 Å². The van der Waals surface area contributed by atoms with Gasteiger partial charge in [-0.3, -0.25) is 14.4 Å². The van der Waals surface area contributed by atoms with Crippen molar-refractivity contribution in [2.24, 2.45) is 5.92 Å². The molecule has 3 aromatic rings. The molecule has 32 heavy (non-hydrogen) atoms. The third-order valence-corrected chi connectivity index (χ3v) is 6.00. The van der Waals surface area contributed by atoms with Gasteiger partial charge in [-0.15, -0.1) is 0 Å². The normalized spacial score (nSPS) is 22.4. The molecular weight excluding hydrogens is 428 g/mol. The van der Waals surface area contributed by atoms with Crippen LogP contribution in [0.4, 0.5) is 11.4 Å². The van der Waals surface area contributed by atoms with Crippen molar-refractivity contribution in [3.63, 3.8) is 0 Å². The summed E-state index contributed by atoms with van der Waals surface area (Å²) in [5.74, 6) is -0.666. The molecule has 0 saturated carbocycles. The number of benzene rings is 3. The second-order valence-corrected chi connectivity index (χ2v) is 8.08. The average Bonchev–Trinajstić information content (AvgIpc) is 3.32. The van der Waals surface area contributed by atoms with Gasteiger partial charge in [0.2, 0.25) is 5.91 Å². The topological polar surface area (TPSA) is 59.1 Å². The number of hydroxylamine groups is 1. The van der Waals surface area contributed by atoms with Crippen molar-refractivity contribution >= 4 is 34.8 Å². The van der Waals surface area contributed by atoms with Gasteiger partial charge in [0.25, 0.3) is 5.91 Å². The Morgan fingerprint density at radius 1 is 0.875 bits per heavy atom. The number of anilines is 2. The largest absolute Gasteiger partial charge is 0.494 e. The molecule has 5 rings (SSSR count). The minimum Gasteiger partial charge on any atom is -0.494 e. The van der Waals surface area contributed by atoms with Crippen molar-refractivity contribution in [2.45, 2.75) is 19.1 Å². The summed E-state index contributed by atoms with van der Waals surface area (Å²) in [6, 6.07) is 23.2. The first-order chi connectivity index (χ1) is 15.6. The van der Waals surface area contributed by atoms with Crippen LogP contribution in [0, 0.1) is 5.92 Å². The van der Waals surface area contributed by atoms with Crippen LogP contribution in [0.15, 0.2) is 78.9 Å². The zero-order chi connectivity index (χ0) is 22.2. The molecule has 2 aliphatic rings. The molecule has 0 aliphatic carbocycles. The maximum absolute atomic E-state index is 13.6. The molecule has 0 radical (unpaired) electrons. The van der Waals surface area contributed by atoms with E-state index in [-0.39, 0.29) is 11.8 Å². The molecule has 2 heterocycles. The van der Waals surface area contributed by atoms with Crippen molar-refractivity contribution in [1.29, 1.82) is 0 Å². The van der Waals surface area contributed by atoms with Crippen LogP contribution in [-0.2, 0) is 14.4 Å². The zero-order valence-electron chi connectivity index (χ0n) is 17.4. The predicted molar refractivity (Wildman–Crippen MR) is 122 cm³/mol. The van der Waals surface area contributed by atoms with E-state index in [1.54, 1.807) is 41.5 Å². The number of ether oxygens (including phenoxy) is 1. The number of amides is 2. The van der Waals surface area contributed by atoms with Gasteiger partial charge in [-0.05, 0) is 61.0 Å². The van der Waals surface area contributed by atoms with Gasteiger partial charge in [0.15, 0.2) is 6.10 Å². The molecule has 0 N–H and O–H groups in total. The fourth-order valence-electron chi connectivity index (χ4n) is 4.32. The Kier molecular flexibility index (Phi) is 5.33. The minimum absolute atomic E-state index is 0.289. The van der Waals surface area contributed by atoms with E-state index < -0.39 is 18.1 Å². The lowest BCUT2D eigenvalue weighted by Crippen LogP contribution is -2.37. The summed E-state index contributed by atoms with van der Waals surface area (Å²) in [5, 5.41) is 2.27. The summed E-state index contributed by atoms with van der Waals surface area (Å²) in [4.78, 5) is 34.2. The van der Waals surface area contributed by atoms with E-state index in [0.29, 0.717) is 23.1 Å². The van der Waals surface area contributed by atoms with Crippen molar-refractivity contribution in [1.82, 2.24) is 0 Å². The van der Waals surface area contributed by atoms with Crippen LogP contribution in [0.3, 0.4) is 0 Å². The highest BCUT2D eigenvalue weighted by molar-refractivity contribution is 6.30. The smallest absolute Gasteiger partial charge is 0.266 e. The minimum atomic E-state index is -0.907. The second-order valence-electron chi connectivity index (χ2n) is 7.65. The van der Waals surface area contributed by atoms with Crippen LogP contribution in [-0.4, -0.2) is 24.5 Å². The number of halogens is 1. The molecule has 162 valence electrons. The number of hydrogen-bond donors (Lipinski definition) is 0. The standard InChI is InChI=1S/C25H21ClN2O4/c1-2-31-20-14-12-18(13-15-20)27-24(29)21-22(16-8-10-17(26)11-9-16)28(32-23(21)25(27)30)19-6-4-3-5-7-19/h3-15,21-23H,2H2,1H3/t21-,22+,23-/m1/s1. The Hall–Kier alpha value is -3.35. The molecular formula is C25H21ClN2O4. The van der Waals surface area contributed by atoms with Gasteiger partial charge in [-0.25, -0.2) is 9.96 Å². The molecule has 2 aliphatic heterocycles. The Morgan fingerprint density at radius 2 is 1.56 bits per heavy atom. The molecule has 2 fully saturated rings. The Morgan fingerprint density at radius 3 is 2.22 bits per heavy atom. The molecule has 0 aromatic heterocycles. The first kappa shape index (κ1) is 20.5. The number of fused-ring (bicyclic) bond motifs is 1. The fraction of sp³-hybridized carbons (Fsp3) is 0.200. The maximum atomic E-state index is 13.6. The van der Waals surface area contributed by atoms with Gasteiger partial charge < -0.3 is 4.74 Å². The highest BCUT2D eigenvalue weighted by Gasteiger charge is 2.60. The molecule has 3 atom stereocenters. The van der Waals surface area contributed by atoms with Gasteiger partial charge in [-0.1, -0.05) is 41.9 Å². The van der Waals surface area contributed by atoms with E-state index in [2.05, 4.69) is 0 Å². The van der Waals surface area contributed by atoms with Gasteiger partial charge >= 0.3 is 0 Å². The Bertz CT molecular complexity index is 1130. The number of nitrogens with zero attached hydrogens (tertiary/aromatic N) is 2. The summed E-state index contributed by atoms with van der Waals surface area (Å²) >= 11 is 6.09. The highest BCUT2D eigenvalue weighted by atomic mass is 35.5. The van der Waals surface area contributed by atoms with Gasteiger partial charge in [0.1, 0.15) is 11.7 Å². The first-order valence-electron chi connectivity index (χ1n) is 10.5. The summed E-state index contributed by atoms with van der Waals surface area (Å²) in [7, 11) is 0. The third-order valence-electron chi connectivity index (χ3n) is 5.74. The first-order valence-corrected chi connectivity index (χ1v) is 10.8. The van der Waals surface area contributed by atoms with Crippen molar-refractivity contribution < 1.29 is 19.2 Å². The lowest BCUT2D eigenvalue weighted by atomic mass is 9.90. The number of carbonyl (C=O) groups excluding carboxylic acids is 2. The van der Waals surface area contributed by atoms with E-state index in [1.165, 1.54) is 4.90 Å². The number of hydrogen-bond acceptors (Lipinski definition) is 5. The van der Waals surface area contributed by atoms with E-state index in [0.717, 1.165) is 11.3 Å². The molecule has 6 nitrogen and oxygen atoms in total. The van der Waals surface area contributed by atoms with Gasteiger partial charge in [0.05, 0.1) is 24.0 Å². The summed E-state index contributed by atoms with van der Waals surface area (Å²) in [6.07, 6.45) is -0.907. The second kappa shape index (κ2) is 8.30. The van der Waals surface area contributed by atoms with E-state index >= 15 is 0 Å². The van der Waals surface area contributed by atoms with Crippen LogP contribution in [0.1, 0.15) is 18.5 Å². The number of imide groups is 1. The summed E-state index contributed by atoms with van der Waals surface area (Å²) < 4.78 is 5.47. The van der Waals surface area contributed by atoms with Gasteiger partial charge in [-0.2, -0.15) is 0 Å². The average molecular weight is 449 g/mol. The fourth-order valence-corrected chi connectivity index (χ4v) is 4.45. The van der Waals surface area contributed by atoms with E-state index in [1.807, 2.05) is 49.4 Å². The lowest BCUT2D eigenvalue weighted by molar-refractivity contribution is -0.126. The maximum Gasteiger partial charge on any atom is 0.266 e. The van der Waals surface area contributed by atoms with Crippen molar-refractivity contribution in [2.75, 3.05) is 16.6 Å². The molecule has 0 unspecified atom stereocenters. The van der Waals surface area contributed by atoms with Gasteiger partial charge in [0, 0.05) is 5.02 Å². The highest BCUT2D eigenvalue weighted by Crippen LogP contribution is 2.47. The van der Waals surface area contributed by atoms with Crippen molar-refractivity contribution in [3.8, 4) is 5.75 Å². The quantitative estimate of drug-likeness (QED) is 0.525. The Balaban J connectivity index is 1.53. The molecule has 7 heteroatoms. The van der Waals surface area contributed by atoms with Crippen molar-refractivity contribution in [3.05, 3.63) is 89.4 Å². The molecule has 2 amide bonds. The summed E-state index contributed by atoms with van der Waals surface area (Å²) in [6.45, 7) is 2.44. The van der Waals surface area contributed by atoms with E-state index in [9.17, 15) is 9.59 Å². The molecule has 0 spiro atoms. The molecule has 3 aromatic carbocycles. The van der Waals surface area contributed by atoms with Crippen LogP contribution in [0.2, 0.25) is 5.02 Å². The lowest BCUT2D eigenvalue weighted by Gasteiger charge is -2.28.